The molecule has 1 atom stereocenters. The number of methoxy groups -OCH3 is 1. The number of nitrogens with one attached hydrogen (secondary N) is 1. The van der Waals surface area contributed by atoms with Crippen molar-refractivity contribution in [3.63, 3.8) is 0 Å². The van der Waals surface area contributed by atoms with Crippen molar-refractivity contribution in [1.29, 1.82) is 0 Å². The summed E-state index contributed by atoms with van der Waals surface area (Å²) in [6.07, 6.45) is 1.20. The third kappa shape index (κ3) is 4.03. The van der Waals surface area contributed by atoms with Gasteiger partial charge in [-0.3, -0.25) is 4.79 Å². The normalized spacial score (nSPS) is 11.9. The van der Waals surface area contributed by atoms with E-state index in [2.05, 4.69) is 10.3 Å². The van der Waals surface area contributed by atoms with Crippen LogP contribution in [0.15, 0.2) is 18.3 Å². The molecule has 0 saturated heterocycles. The highest BCUT2D eigenvalue weighted by atomic mass is 16.5. The molecule has 0 fully saturated rings. The van der Waals surface area contributed by atoms with Gasteiger partial charge in [0.05, 0.1) is 7.11 Å². The van der Waals surface area contributed by atoms with Crippen LogP contribution in [-0.4, -0.2) is 30.7 Å². The first kappa shape index (κ1) is 13.4. The van der Waals surface area contributed by atoms with Crippen LogP contribution in [0.1, 0.15) is 19.4 Å². The van der Waals surface area contributed by atoms with E-state index in [0.717, 1.165) is 5.56 Å². The largest absolute Gasteiger partial charge is 0.481 e. The number of aromatic nitrogens is 1. The molecule has 0 radical (unpaired) electrons. The molecular weight excluding hydrogens is 220 g/mol. The highest BCUT2D eigenvalue weighted by Crippen LogP contribution is 2.12. The van der Waals surface area contributed by atoms with Crippen molar-refractivity contribution in [2.75, 3.05) is 13.7 Å². The van der Waals surface area contributed by atoms with Crippen LogP contribution in [0.2, 0.25) is 0 Å². The number of hydrogen-bond donors (Lipinski definition) is 1. The third-order valence-electron chi connectivity index (χ3n) is 2.28. The van der Waals surface area contributed by atoms with Gasteiger partial charge >= 0.3 is 0 Å². The Kier molecular flexibility index (Phi) is 5.42. The second-order valence-electron chi connectivity index (χ2n) is 3.49. The van der Waals surface area contributed by atoms with Gasteiger partial charge in [0.15, 0.2) is 0 Å². The Balaban J connectivity index is 2.52. The summed E-state index contributed by atoms with van der Waals surface area (Å²) >= 11 is 0. The molecule has 1 rings (SSSR count). The molecule has 0 aliphatic carbocycles. The molecule has 0 aliphatic rings. The number of carbonyl (C=O) groups excluding carboxylic acids is 1. The van der Waals surface area contributed by atoms with Gasteiger partial charge in [-0.1, -0.05) is 6.07 Å². The Labute approximate surface area is 101 Å². The van der Waals surface area contributed by atoms with E-state index in [-0.39, 0.29) is 5.91 Å². The van der Waals surface area contributed by atoms with Crippen molar-refractivity contribution < 1.29 is 14.3 Å². The van der Waals surface area contributed by atoms with Gasteiger partial charge in [0.1, 0.15) is 6.10 Å². The van der Waals surface area contributed by atoms with Gasteiger partial charge in [-0.25, -0.2) is 4.98 Å². The number of pyridine rings is 1. The molecule has 5 nitrogen and oxygen atoms in total. The molecule has 0 aromatic carbocycles. The topological polar surface area (TPSA) is 60.5 Å². The van der Waals surface area contributed by atoms with Gasteiger partial charge in [-0.05, 0) is 19.9 Å². The molecule has 1 aromatic rings. The first-order valence-electron chi connectivity index (χ1n) is 5.56. The average molecular weight is 238 g/mol. The number of amides is 1. The lowest BCUT2D eigenvalue weighted by Gasteiger charge is -2.12. The van der Waals surface area contributed by atoms with Gasteiger partial charge in [0.25, 0.3) is 0 Å². The van der Waals surface area contributed by atoms with Crippen LogP contribution < -0.4 is 10.1 Å². The van der Waals surface area contributed by atoms with E-state index in [1.54, 1.807) is 26.3 Å². The number of nitrogens with zero attached hydrogens (tertiary/aromatic N) is 1. The van der Waals surface area contributed by atoms with Gasteiger partial charge in [0, 0.05) is 24.9 Å². The van der Waals surface area contributed by atoms with E-state index in [0.29, 0.717) is 19.0 Å². The second kappa shape index (κ2) is 6.85. The summed E-state index contributed by atoms with van der Waals surface area (Å²) in [5.74, 6) is 0.384. The van der Waals surface area contributed by atoms with Crippen LogP contribution in [0, 0.1) is 0 Å². The van der Waals surface area contributed by atoms with E-state index in [1.165, 1.54) is 0 Å². The zero-order valence-corrected chi connectivity index (χ0v) is 10.4. The maximum atomic E-state index is 11.6. The molecule has 0 saturated carbocycles. The van der Waals surface area contributed by atoms with Crippen molar-refractivity contribution in [1.82, 2.24) is 10.3 Å². The fourth-order valence-electron chi connectivity index (χ4n) is 1.39. The molecule has 1 heterocycles. The maximum absolute atomic E-state index is 11.6. The molecule has 0 bridgehead atoms. The second-order valence-corrected chi connectivity index (χ2v) is 3.49. The van der Waals surface area contributed by atoms with E-state index < -0.39 is 6.10 Å². The maximum Gasteiger partial charge on any atom is 0.249 e. The summed E-state index contributed by atoms with van der Waals surface area (Å²) in [5, 5.41) is 2.77. The summed E-state index contributed by atoms with van der Waals surface area (Å²) in [5.41, 5.74) is 0.840. The van der Waals surface area contributed by atoms with Crippen molar-refractivity contribution >= 4 is 5.91 Å². The molecule has 5 heteroatoms. The van der Waals surface area contributed by atoms with Crippen LogP contribution >= 0.6 is 0 Å². The van der Waals surface area contributed by atoms with Gasteiger partial charge in [-0.2, -0.15) is 0 Å². The predicted octanol–water partition coefficient (Wildman–Crippen LogP) is 1.13. The Morgan fingerprint density at radius 2 is 2.35 bits per heavy atom. The van der Waals surface area contributed by atoms with E-state index in [1.807, 2.05) is 13.0 Å². The van der Waals surface area contributed by atoms with E-state index in [4.69, 9.17) is 9.47 Å². The van der Waals surface area contributed by atoms with Crippen molar-refractivity contribution in [2.45, 2.75) is 26.5 Å². The van der Waals surface area contributed by atoms with Gasteiger partial charge in [0.2, 0.25) is 11.8 Å². The van der Waals surface area contributed by atoms with Gasteiger partial charge in [-0.15, -0.1) is 0 Å². The van der Waals surface area contributed by atoms with E-state index >= 15 is 0 Å². The number of ether oxygens (including phenoxy) is 2. The smallest absolute Gasteiger partial charge is 0.249 e. The number of rotatable bonds is 6. The van der Waals surface area contributed by atoms with Gasteiger partial charge < -0.3 is 14.8 Å². The summed E-state index contributed by atoms with van der Waals surface area (Å²) in [7, 11) is 1.55. The van der Waals surface area contributed by atoms with Crippen LogP contribution in [0.4, 0.5) is 0 Å². The standard InChI is InChI=1S/C12H18N2O3/c1-4-17-9(2)11(15)14-8-10-6-5-7-13-12(10)16-3/h5-7,9H,4,8H2,1-3H3,(H,14,15)/t9-/m1/s1. The summed E-state index contributed by atoms with van der Waals surface area (Å²) in [4.78, 5) is 15.7. The first-order chi connectivity index (χ1) is 8.19. The van der Waals surface area contributed by atoms with Crippen LogP contribution in [0.25, 0.3) is 0 Å². The minimum Gasteiger partial charge on any atom is -0.481 e. The Hall–Kier alpha value is -1.62. The number of hydrogen-bond acceptors (Lipinski definition) is 4. The Morgan fingerprint density at radius 3 is 3.00 bits per heavy atom. The molecule has 17 heavy (non-hydrogen) atoms. The molecule has 1 amide bonds. The lowest BCUT2D eigenvalue weighted by atomic mass is 10.2. The summed E-state index contributed by atoms with van der Waals surface area (Å²) < 4.78 is 10.3. The Bertz CT molecular complexity index is 369. The quantitative estimate of drug-likeness (QED) is 0.807. The Morgan fingerprint density at radius 1 is 1.59 bits per heavy atom. The molecule has 1 aromatic heterocycles. The zero-order valence-electron chi connectivity index (χ0n) is 10.4. The lowest BCUT2D eigenvalue weighted by Crippen LogP contribution is -2.34. The summed E-state index contributed by atoms with van der Waals surface area (Å²) in [6.45, 7) is 4.48. The fraction of sp³-hybridized carbons (Fsp3) is 0.500. The minimum absolute atomic E-state index is 0.141. The lowest BCUT2D eigenvalue weighted by molar-refractivity contribution is -0.131. The van der Waals surface area contributed by atoms with Crippen molar-refractivity contribution in [3.05, 3.63) is 23.9 Å². The molecule has 1 N–H and O–H groups in total. The van der Waals surface area contributed by atoms with Crippen molar-refractivity contribution in [2.24, 2.45) is 0 Å². The van der Waals surface area contributed by atoms with E-state index in [9.17, 15) is 4.79 Å². The average Bonchev–Trinajstić information content (AvgIpc) is 2.36. The van der Waals surface area contributed by atoms with Crippen LogP contribution in [0.5, 0.6) is 5.88 Å². The fourth-order valence-corrected chi connectivity index (χ4v) is 1.39. The SMILES string of the molecule is CCO[C@H](C)C(=O)NCc1cccnc1OC. The molecular formula is C12H18N2O3. The third-order valence-corrected chi connectivity index (χ3v) is 2.28. The highest BCUT2D eigenvalue weighted by Gasteiger charge is 2.12. The predicted molar refractivity (Wildman–Crippen MR) is 63.7 cm³/mol. The van der Waals surface area contributed by atoms with Crippen molar-refractivity contribution in [3.8, 4) is 5.88 Å². The van der Waals surface area contributed by atoms with Crippen LogP contribution in [-0.2, 0) is 16.1 Å². The monoisotopic (exact) mass is 238 g/mol. The summed E-state index contributed by atoms with van der Waals surface area (Å²) in [6, 6.07) is 3.66. The first-order valence-corrected chi connectivity index (χ1v) is 5.56. The number of carbonyl (C=O) groups is 1. The minimum atomic E-state index is -0.442. The molecule has 94 valence electrons. The molecule has 0 unspecified atom stereocenters. The highest BCUT2D eigenvalue weighted by molar-refractivity contribution is 5.80. The molecule has 0 spiro atoms. The van der Waals surface area contributed by atoms with Crippen LogP contribution in [0.3, 0.4) is 0 Å². The zero-order chi connectivity index (χ0) is 12.7. The molecule has 0 aliphatic heterocycles.